The molecule has 0 saturated heterocycles. The molecule has 0 N–H and O–H groups in total. The lowest BCUT2D eigenvalue weighted by atomic mass is 10.6. The SMILES string of the molecule is CC=CC=NC(=O)OCC([SiH2]C)([SiH2]C)[SiH2]C. The van der Waals surface area contributed by atoms with E-state index < -0.39 is 6.09 Å². The van der Waals surface area contributed by atoms with Crippen molar-refractivity contribution in [2.24, 2.45) is 4.99 Å². The first kappa shape index (κ1) is 15.5. The highest BCUT2D eigenvalue weighted by molar-refractivity contribution is 6.79. The fourth-order valence-electron chi connectivity index (χ4n) is 1.50. The molecule has 0 atom stereocenters. The maximum Gasteiger partial charge on any atom is 0.433 e. The van der Waals surface area contributed by atoms with Gasteiger partial charge in [-0.1, -0.05) is 25.7 Å². The largest absolute Gasteiger partial charge is 0.448 e. The normalized spacial score (nSPS) is 17.8. The van der Waals surface area contributed by atoms with E-state index in [0.29, 0.717) is 10.9 Å². The third-order valence-corrected chi connectivity index (χ3v) is 17.3. The van der Waals surface area contributed by atoms with Crippen molar-refractivity contribution < 1.29 is 9.53 Å². The number of ether oxygens (including phenoxy) is 1. The molecule has 0 aliphatic heterocycles. The van der Waals surface area contributed by atoms with E-state index in [1.54, 1.807) is 6.08 Å². The molecule has 3 nitrogen and oxygen atoms in total. The quantitative estimate of drug-likeness (QED) is 0.522. The van der Waals surface area contributed by atoms with Crippen LogP contribution in [0.1, 0.15) is 6.92 Å². The van der Waals surface area contributed by atoms with E-state index in [9.17, 15) is 4.79 Å². The van der Waals surface area contributed by atoms with Crippen LogP contribution in [0.4, 0.5) is 4.79 Å². The molecule has 0 aromatic rings. The summed E-state index contributed by atoms with van der Waals surface area (Å²) in [6, 6.07) is 0. The molecular weight excluding hydrogens is 250 g/mol. The molecule has 0 aliphatic rings. The van der Waals surface area contributed by atoms with E-state index in [-0.39, 0.29) is 28.6 Å². The van der Waals surface area contributed by atoms with E-state index in [1.807, 2.05) is 13.0 Å². The first-order valence-corrected chi connectivity index (χ1v) is 12.3. The van der Waals surface area contributed by atoms with Crippen molar-refractivity contribution in [2.75, 3.05) is 6.61 Å². The average Bonchev–Trinajstić information content (AvgIpc) is 2.32. The molecule has 0 aliphatic carbocycles. The van der Waals surface area contributed by atoms with Crippen molar-refractivity contribution in [3.05, 3.63) is 12.2 Å². The lowest BCUT2D eigenvalue weighted by Crippen LogP contribution is -2.35. The summed E-state index contributed by atoms with van der Waals surface area (Å²) in [5.74, 6) is 0. The van der Waals surface area contributed by atoms with Gasteiger partial charge in [0.15, 0.2) is 0 Å². The molecule has 0 fully saturated rings. The van der Waals surface area contributed by atoms with Crippen molar-refractivity contribution in [3.8, 4) is 0 Å². The Balaban J connectivity index is 4.16. The first-order chi connectivity index (χ1) is 7.64. The fraction of sp³-hybridized carbons (Fsp3) is 0.600. The fourth-order valence-corrected chi connectivity index (χ4v) is 8.42. The molecule has 0 rings (SSSR count). The summed E-state index contributed by atoms with van der Waals surface area (Å²) in [6.45, 7) is 9.54. The van der Waals surface area contributed by atoms with Gasteiger partial charge in [0.2, 0.25) is 0 Å². The Kier molecular flexibility index (Phi) is 8.40. The Bertz CT molecular complexity index is 255. The molecule has 0 aromatic carbocycles. The Labute approximate surface area is 105 Å². The summed E-state index contributed by atoms with van der Waals surface area (Å²) >= 11 is 0. The van der Waals surface area contributed by atoms with Crippen LogP contribution in [-0.4, -0.2) is 47.5 Å². The standard InChI is InChI=1S/C10H23NO2Si3/c1-5-6-7-11-9(12)13-8-10(14-2,15-3)16-4/h5-7H,8,14-16H2,1-4H3. The Morgan fingerprint density at radius 1 is 1.31 bits per heavy atom. The Hall–Kier alpha value is -0.469. The molecule has 92 valence electrons. The van der Waals surface area contributed by atoms with Crippen molar-refractivity contribution in [3.63, 3.8) is 0 Å². The number of amides is 1. The van der Waals surface area contributed by atoms with Gasteiger partial charge in [-0.2, -0.15) is 4.99 Å². The van der Waals surface area contributed by atoms with Crippen LogP contribution < -0.4 is 0 Å². The molecule has 0 saturated carbocycles. The van der Waals surface area contributed by atoms with Gasteiger partial charge in [0.05, 0.1) is 6.61 Å². The minimum atomic E-state index is -0.435. The van der Waals surface area contributed by atoms with Gasteiger partial charge < -0.3 is 4.74 Å². The predicted octanol–water partition coefficient (Wildman–Crippen LogP) is 0.494. The molecule has 1 amide bonds. The third-order valence-electron chi connectivity index (χ3n) is 3.21. The molecule has 0 spiro atoms. The molecule has 0 radical (unpaired) electrons. The highest BCUT2D eigenvalue weighted by atomic mass is 28.3. The number of hydrogen-bond acceptors (Lipinski definition) is 2. The highest BCUT2D eigenvalue weighted by Gasteiger charge is 2.26. The third kappa shape index (κ3) is 5.57. The molecule has 16 heavy (non-hydrogen) atoms. The monoisotopic (exact) mass is 273 g/mol. The maximum atomic E-state index is 11.3. The minimum Gasteiger partial charge on any atom is -0.448 e. The van der Waals surface area contributed by atoms with E-state index >= 15 is 0 Å². The van der Waals surface area contributed by atoms with Crippen molar-refractivity contribution in [1.29, 1.82) is 0 Å². The molecule has 0 bridgehead atoms. The molecule has 0 aromatic heterocycles. The van der Waals surface area contributed by atoms with Gasteiger partial charge in [0, 0.05) is 34.8 Å². The summed E-state index contributed by atoms with van der Waals surface area (Å²) < 4.78 is 5.79. The maximum absolute atomic E-state index is 11.3. The van der Waals surface area contributed by atoms with Gasteiger partial charge in [0.25, 0.3) is 0 Å². The smallest absolute Gasteiger partial charge is 0.433 e. The van der Waals surface area contributed by atoms with Gasteiger partial charge in [-0.15, -0.1) is 0 Å². The zero-order valence-electron chi connectivity index (χ0n) is 10.8. The Morgan fingerprint density at radius 3 is 2.31 bits per heavy atom. The molecule has 6 heteroatoms. The Morgan fingerprint density at radius 2 is 1.88 bits per heavy atom. The van der Waals surface area contributed by atoms with E-state index in [1.165, 1.54) is 6.21 Å². The second-order valence-corrected chi connectivity index (χ2v) is 13.5. The van der Waals surface area contributed by atoms with Crippen LogP contribution in [0.2, 0.25) is 23.9 Å². The van der Waals surface area contributed by atoms with Crippen LogP contribution in [0, 0.1) is 0 Å². The molecular formula is C10H23NO2Si3. The van der Waals surface area contributed by atoms with Crippen molar-refractivity contribution in [2.45, 2.75) is 30.8 Å². The number of hydrogen-bond donors (Lipinski definition) is 0. The van der Waals surface area contributed by atoms with Crippen LogP contribution in [-0.2, 0) is 4.74 Å². The summed E-state index contributed by atoms with van der Waals surface area (Å²) in [5, 5.41) is 0. The van der Waals surface area contributed by atoms with Gasteiger partial charge >= 0.3 is 6.09 Å². The lowest BCUT2D eigenvalue weighted by molar-refractivity contribution is 0.158. The van der Waals surface area contributed by atoms with Crippen LogP contribution in [0.25, 0.3) is 0 Å². The molecule has 0 unspecified atom stereocenters. The van der Waals surface area contributed by atoms with Gasteiger partial charge in [-0.05, 0) is 17.3 Å². The van der Waals surface area contributed by atoms with Crippen LogP contribution >= 0.6 is 0 Å². The second kappa shape index (κ2) is 8.66. The number of carbonyl (C=O) groups excluding carboxylic acids is 1. The summed E-state index contributed by atoms with van der Waals surface area (Å²) in [5.41, 5.74) is 0. The van der Waals surface area contributed by atoms with Crippen molar-refractivity contribution in [1.82, 2.24) is 0 Å². The highest BCUT2D eigenvalue weighted by Crippen LogP contribution is 2.21. The van der Waals surface area contributed by atoms with E-state index in [2.05, 4.69) is 24.6 Å². The van der Waals surface area contributed by atoms with E-state index in [4.69, 9.17) is 4.74 Å². The average molecular weight is 274 g/mol. The van der Waals surface area contributed by atoms with Crippen LogP contribution in [0.3, 0.4) is 0 Å². The predicted molar refractivity (Wildman–Crippen MR) is 80.6 cm³/mol. The van der Waals surface area contributed by atoms with Crippen LogP contribution in [0.15, 0.2) is 17.1 Å². The number of rotatable bonds is 6. The lowest BCUT2D eigenvalue weighted by Gasteiger charge is -2.28. The summed E-state index contributed by atoms with van der Waals surface area (Å²) in [7, 11) is -0.195. The number of aliphatic imine (C=N–C) groups is 1. The van der Waals surface area contributed by atoms with Gasteiger partial charge in [-0.25, -0.2) is 4.79 Å². The zero-order chi connectivity index (χ0) is 12.4. The molecule has 0 heterocycles. The number of allylic oxidation sites excluding steroid dienone is 2. The van der Waals surface area contributed by atoms with Gasteiger partial charge in [-0.3, -0.25) is 0 Å². The second-order valence-electron chi connectivity index (χ2n) is 3.92. The number of carbonyl (C=O) groups is 1. The summed E-state index contributed by atoms with van der Waals surface area (Å²) in [6.07, 6.45) is 4.61. The van der Waals surface area contributed by atoms with E-state index in [0.717, 1.165) is 0 Å². The zero-order valence-corrected chi connectivity index (χ0v) is 15.1. The van der Waals surface area contributed by atoms with Crippen LogP contribution in [0.5, 0.6) is 0 Å². The first-order valence-electron chi connectivity index (χ1n) is 5.96. The number of nitrogens with zero attached hydrogens (tertiary/aromatic N) is 1. The van der Waals surface area contributed by atoms with Crippen molar-refractivity contribution >= 4 is 40.9 Å². The summed E-state index contributed by atoms with van der Waals surface area (Å²) in [4.78, 5) is 15.0. The van der Waals surface area contributed by atoms with Gasteiger partial charge in [0.1, 0.15) is 0 Å². The minimum absolute atomic E-state index is 0.0650. The topological polar surface area (TPSA) is 38.7 Å².